The van der Waals surface area contributed by atoms with E-state index in [1.165, 1.54) is 44.3 Å². The summed E-state index contributed by atoms with van der Waals surface area (Å²) in [6, 6.07) is 5.66. The Morgan fingerprint density at radius 2 is 1.89 bits per heavy atom. The van der Waals surface area contributed by atoms with Crippen LogP contribution in [0.4, 0.5) is 0 Å². The highest BCUT2D eigenvalue weighted by Crippen LogP contribution is 2.33. The van der Waals surface area contributed by atoms with Crippen LogP contribution in [0.2, 0.25) is 0 Å². The Balaban J connectivity index is 1.84. The molecule has 0 bridgehead atoms. The van der Waals surface area contributed by atoms with Gasteiger partial charge in [0.05, 0.1) is 0 Å². The molecule has 2 fully saturated rings. The van der Waals surface area contributed by atoms with Crippen molar-refractivity contribution in [1.82, 2.24) is 4.90 Å². The summed E-state index contributed by atoms with van der Waals surface area (Å²) in [6.45, 7) is 2.45. The lowest BCUT2D eigenvalue weighted by Gasteiger charge is -2.42. The average Bonchev–Trinajstić information content (AvgIpc) is 2.34. The predicted octanol–water partition coefficient (Wildman–Crippen LogP) is 3.13. The molecule has 102 valence electrons. The number of hydrogen-bond donors (Lipinski definition) is 2. The molecule has 1 heterocycles. The van der Waals surface area contributed by atoms with E-state index in [2.05, 4.69) is 11.0 Å². The van der Waals surface area contributed by atoms with Crippen molar-refractivity contribution < 1.29 is 10.2 Å². The topological polar surface area (TPSA) is 43.7 Å². The lowest BCUT2D eigenvalue weighted by molar-refractivity contribution is 0.121. The third kappa shape index (κ3) is 2.61. The van der Waals surface area contributed by atoms with Gasteiger partial charge in [-0.05, 0) is 56.5 Å². The molecule has 3 heteroatoms. The Morgan fingerprint density at radius 3 is 2.58 bits per heavy atom. The maximum atomic E-state index is 9.57. The van der Waals surface area contributed by atoms with Gasteiger partial charge in [-0.25, -0.2) is 0 Å². The number of benzene rings is 1. The first kappa shape index (κ1) is 12.5. The van der Waals surface area contributed by atoms with Crippen LogP contribution in [0.15, 0.2) is 23.8 Å². The minimum absolute atomic E-state index is 0.0364. The first-order valence-corrected chi connectivity index (χ1v) is 7.20. The Labute approximate surface area is 114 Å². The Hall–Kier alpha value is -1.48. The van der Waals surface area contributed by atoms with Crippen LogP contribution < -0.4 is 0 Å². The second-order valence-corrected chi connectivity index (χ2v) is 5.62. The normalized spacial score (nSPS) is 26.3. The van der Waals surface area contributed by atoms with E-state index < -0.39 is 0 Å². The third-order valence-corrected chi connectivity index (χ3v) is 4.30. The van der Waals surface area contributed by atoms with E-state index in [-0.39, 0.29) is 11.5 Å². The summed E-state index contributed by atoms with van der Waals surface area (Å²) in [5.74, 6) is -0.0873. The van der Waals surface area contributed by atoms with Crippen molar-refractivity contribution in [2.75, 3.05) is 13.1 Å². The van der Waals surface area contributed by atoms with E-state index in [4.69, 9.17) is 0 Å². The quantitative estimate of drug-likeness (QED) is 0.802. The molecule has 0 radical (unpaired) electrons. The van der Waals surface area contributed by atoms with Gasteiger partial charge in [-0.3, -0.25) is 4.90 Å². The SMILES string of the molecule is Oc1ccc(C=C2CCCCC2N2CCC2)cc1O. The fourth-order valence-electron chi connectivity index (χ4n) is 3.10. The summed E-state index contributed by atoms with van der Waals surface area (Å²) in [5.41, 5.74) is 2.47. The molecule has 1 aromatic carbocycles. The predicted molar refractivity (Wildman–Crippen MR) is 76.2 cm³/mol. The van der Waals surface area contributed by atoms with Crippen LogP contribution in [-0.4, -0.2) is 34.2 Å². The molecule has 1 atom stereocenters. The summed E-state index contributed by atoms with van der Waals surface area (Å²) in [6.07, 6.45) is 8.52. The lowest BCUT2D eigenvalue weighted by atomic mass is 9.86. The number of phenolic OH excluding ortho intramolecular Hbond substituents is 2. The number of likely N-dealkylation sites (tertiary alicyclic amines) is 1. The smallest absolute Gasteiger partial charge is 0.157 e. The second-order valence-electron chi connectivity index (χ2n) is 5.62. The Bertz CT molecular complexity index is 492. The second kappa shape index (κ2) is 5.25. The van der Waals surface area contributed by atoms with Crippen molar-refractivity contribution in [3.8, 4) is 11.5 Å². The molecule has 0 amide bonds. The average molecular weight is 259 g/mol. The van der Waals surface area contributed by atoms with E-state index in [0.29, 0.717) is 6.04 Å². The first-order chi connectivity index (χ1) is 9.24. The van der Waals surface area contributed by atoms with Gasteiger partial charge >= 0.3 is 0 Å². The monoisotopic (exact) mass is 259 g/mol. The van der Waals surface area contributed by atoms with Crippen molar-refractivity contribution in [2.45, 2.75) is 38.1 Å². The number of nitrogens with zero attached hydrogens (tertiary/aromatic N) is 1. The molecule has 1 saturated carbocycles. The van der Waals surface area contributed by atoms with Gasteiger partial charge in [0.15, 0.2) is 11.5 Å². The third-order valence-electron chi connectivity index (χ3n) is 4.30. The van der Waals surface area contributed by atoms with Crippen LogP contribution in [0.3, 0.4) is 0 Å². The van der Waals surface area contributed by atoms with Gasteiger partial charge in [-0.1, -0.05) is 24.1 Å². The highest BCUT2D eigenvalue weighted by atomic mass is 16.3. The van der Waals surface area contributed by atoms with Gasteiger partial charge in [0, 0.05) is 6.04 Å². The maximum absolute atomic E-state index is 9.57. The summed E-state index contributed by atoms with van der Waals surface area (Å²) in [7, 11) is 0. The van der Waals surface area contributed by atoms with Gasteiger partial charge in [0.25, 0.3) is 0 Å². The zero-order valence-corrected chi connectivity index (χ0v) is 11.2. The van der Waals surface area contributed by atoms with E-state index in [1.807, 2.05) is 6.07 Å². The van der Waals surface area contributed by atoms with E-state index >= 15 is 0 Å². The molecule has 0 spiro atoms. The molecule has 1 saturated heterocycles. The molecular weight excluding hydrogens is 238 g/mol. The van der Waals surface area contributed by atoms with Gasteiger partial charge in [-0.2, -0.15) is 0 Å². The van der Waals surface area contributed by atoms with Crippen LogP contribution in [0.25, 0.3) is 6.08 Å². The highest BCUT2D eigenvalue weighted by molar-refractivity contribution is 5.58. The zero-order chi connectivity index (χ0) is 13.2. The van der Waals surface area contributed by atoms with Crippen molar-refractivity contribution in [3.05, 3.63) is 29.3 Å². The summed E-state index contributed by atoms with van der Waals surface area (Å²) >= 11 is 0. The minimum atomic E-state index is -0.0508. The molecule has 2 N–H and O–H groups in total. The minimum Gasteiger partial charge on any atom is -0.504 e. The van der Waals surface area contributed by atoms with E-state index in [9.17, 15) is 10.2 Å². The molecule has 2 aliphatic rings. The fraction of sp³-hybridized carbons (Fsp3) is 0.500. The summed E-state index contributed by atoms with van der Waals surface area (Å²) < 4.78 is 0. The number of rotatable bonds is 2. The molecule has 1 aliphatic carbocycles. The van der Waals surface area contributed by atoms with Crippen LogP contribution in [0.5, 0.6) is 11.5 Å². The number of hydrogen-bond acceptors (Lipinski definition) is 3. The van der Waals surface area contributed by atoms with Crippen LogP contribution in [-0.2, 0) is 0 Å². The van der Waals surface area contributed by atoms with E-state index in [0.717, 1.165) is 12.0 Å². The van der Waals surface area contributed by atoms with Gasteiger partial charge in [0.2, 0.25) is 0 Å². The molecule has 19 heavy (non-hydrogen) atoms. The van der Waals surface area contributed by atoms with Crippen molar-refractivity contribution in [1.29, 1.82) is 0 Å². The maximum Gasteiger partial charge on any atom is 0.157 e. The van der Waals surface area contributed by atoms with Gasteiger partial charge < -0.3 is 10.2 Å². The molecule has 1 unspecified atom stereocenters. The first-order valence-electron chi connectivity index (χ1n) is 7.20. The standard InChI is InChI=1S/C16H21NO2/c18-15-7-6-12(11-16(15)19)10-13-4-1-2-5-14(13)17-8-3-9-17/h6-7,10-11,14,18-19H,1-5,8-9H2. The van der Waals surface area contributed by atoms with Crippen molar-refractivity contribution in [3.63, 3.8) is 0 Å². The number of phenols is 2. The van der Waals surface area contributed by atoms with Crippen LogP contribution in [0.1, 0.15) is 37.7 Å². The highest BCUT2D eigenvalue weighted by Gasteiger charge is 2.28. The van der Waals surface area contributed by atoms with Gasteiger partial charge in [-0.15, -0.1) is 0 Å². The van der Waals surface area contributed by atoms with Gasteiger partial charge in [0.1, 0.15) is 0 Å². The number of aromatic hydroxyl groups is 2. The summed E-state index contributed by atoms with van der Waals surface area (Å²) in [4.78, 5) is 2.56. The Kier molecular flexibility index (Phi) is 3.47. The zero-order valence-electron chi connectivity index (χ0n) is 11.2. The molecule has 0 aromatic heterocycles. The molecule has 3 nitrogen and oxygen atoms in total. The molecule has 3 rings (SSSR count). The largest absolute Gasteiger partial charge is 0.504 e. The lowest BCUT2D eigenvalue weighted by Crippen LogP contribution is -2.46. The molecular formula is C16H21NO2. The van der Waals surface area contributed by atoms with Crippen molar-refractivity contribution >= 4 is 6.08 Å². The fourth-order valence-corrected chi connectivity index (χ4v) is 3.10. The van der Waals surface area contributed by atoms with E-state index in [1.54, 1.807) is 12.1 Å². The summed E-state index contributed by atoms with van der Waals surface area (Å²) in [5, 5.41) is 18.9. The van der Waals surface area contributed by atoms with Crippen LogP contribution in [0, 0.1) is 0 Å². The molecule has 1 aromatic rings. The van der Waals surface area contributed by atoms with Crippen LogP contribution >= 0.6 is 0 Å². The van der Waals surface area contributed by atoms with Crippen molar-refractivity contribution in [2.24, 2.45) is 0 Å². The molecule has 1 aliphatic heterocycles. The Morgan fingerprint density at radius 1 is 1.05 bits per heavy atom.